The molecule has 2 N–H and O–H groups in total. The van der Waals surface area contributed by atoms with Crippen molar-refractivity contribution < 1.29 is 47.3 Å². The Morgan fingerprint density at radius 3 is 1.45 bits per heavy atom. The summed E-state index contributed by atoms with van der Waals surface area (Å²) in [4.78, 5) is 31.3. The Kier molecular flexibility index (Phi) is 14.3. The molecule has 0 amide bonds. The maximum absolute atomic E-state index is 11.5. The number of nitro groups is 2. The van der Waals surface area contributed by atoms with Crippen molar-refractivity contribution in [3.63, 3.8) is 0 Å². The number of aliphatic imine (C=N–C) groups is 2. The molecule has 0 heterocycles. The van der Waals surface area contributed by atoms with Crippen LogP contribution in [0, 0.1) is 20.2 Å². The van der Waals surface area contributed by atoms with Crippen molar-refractivity contribution in [2.75, 3.05) is 0 Å². The van der Waals surface area contributed by atoms with Crippen molar-refractivity contribution in [2.45, 2.75) is 90.1 Å². The second kappa shape index (κ2) is 18.0. The minimum Gasteiger partial charge on any atom is -0.872 e. The van der Waals surface area contributed by atoms with Gasteiger partial charge in [0.2, 0.25) is 0 Å². The molecule has 0 bridgehead atoms. The number of nitrogens with zero attached hydrogens (tertiary/aromatic N) is 4. The van der Waals surface area contributed by atoms with Gasteiger partial charge in [-0.3, -0.25) is 30.2 Å². The van der Waals surface area contributed by atoms with Crippen LogP contribution in [0.2, 0.25) is 0 Å². The van der Waals surface area contributed by atoms with Gasteiger partial charge in [0.25, 0.3) is 11.4 Å². The smallest absolute Gasteiger partial charge is 0.270 e. The molecule has 12 nitrogen and oxygen atoms in total. The van der Waals surface area contributed by atoms with Crippen molar-refractivity contribution in [2.24, 2.45) is 9.98 Å². The number of para-hydroxylation sites is 1. The number of hydrogen-bond acceptors (Lipinski definition) is 10. The van der Waals surface area contributed by atoms with Gasteiger partial charge in [-0.05, 0) is 47.9 Å². The van der Waals surface area contributed by atoms with Gasteiger partial charge < -0.3 is 20.1 Å². The molecular formula is C40H45CrN4O8-. The number of non-ortho nitro benzene ring substituents is 2. The molecule has 13 heteroatoms. The Morgan fingerprint density at radius 2 is 1.08 bits per heavy atom. The van der Waals surface area contributed by atoms with Gasteiger partial charge in [-0.1, -0.05) is 84.7 Å². The van der Waals surface area contributed by atoms with E-state index in [4.69, 9.17) is 4.74 Å². The zero-order chi connectivity index (χ0) is 38.2. The van der Waals surface area contributed by atoms with Crippen LogP contribution in [0.1, 0.15) is 89.5 Å². The molecule has 4 aromatic carbocycles. The van der Waals surface area contributed by atoms with E-state index < -0.39 is 20.7 Å². The molecule has 280 valence electrons. The standard InChI is InChI=1S/C28H36N4O6.C12H10O2.Cr/c1-27(2,3)21-13-19(31(35)36)11-17(25(21)33)15-29-23-9-7-8-10-24(23)30-16-18-12-20(32(37)38)14-22(26(18)34)28(4,5)6;13-10-6-8-12(9-7-10)14-11-4-2-1-3-5-11;/h11-16,23-24,33-34H,7-10H2,1-6H3;1-9,13H;/p-1/t23-,24-;;/m1../s1. The molecule has 1 aliphatic carbocycles. The second-order valence-electron chi connectivity index (χ2n) is 14.7. The number of phenolic OH excluding ortho intramolecular Hbond substituents is 2. The van der Waals surface area contributed by atoms with Crippen LogP contribution in [0.5, 0.6) is 28.7 Å². The van der Waals surface area contributed by atoms with Crippen LogP contribution in [-0.4, -0.2) is 44.6 Å². The summed E-state index contributed by atoms with van der Waals surface area (Å²) in [6.07, 6.45) is 6.26. The van der Waals surface area contributed by atoms with E-state index in [0.717, 1.165) is 31.4 Å². The van der Waals surface area contributed by atoms with E-state index in [1.54, 1.807) is 12.1 Å². The van der Waals surface area contributed by atoms with Gasteiger partial charge in [0.05, 0.1) is 21.9 Å². The van der Waals surface area contributed by atoms with E-state index in [-0.39, 0.29) is 69.2 Å². The van der Waals surface area contributed by atoms with E-state index in [9.17, 15) is 35.5 Å². The van der Waals surface area contributed by atoms with Crippen LogP contribution in [0.3, 0.4) is 0 Å². The summed E-state index contributed by atoms with van der Waals surface area (Å²) in [5, 5.41) is 55.5. The molecule has 1 fully saturated rings. The Hall–Kier alpha value is -5.25. The molecule has 2 atom stereocenters. The van der Waals surface area contributed by atoms with Gasteiger partial charge in [0.15, 0.2) is 0 Å². The quantitative estimate of drug-likeness (QED) is 0.101. The van der Waals surface area contributed by atoms with E-state index in [1.165, 1.54) is 48.8 Å². The topological polar surface area (TPSA) is 184 Å². The summed E-state index contributed by atoms with van der Waals surface area (Å²) >= 11 is 0. The molecule has 5 rings (SSSR count). The fourth-order valence-electron chi connectivity index (χ4n) is 5.76. The monoisotopic (exact) mass is 761 g/mol. The zero-order valence-electron chi connectivity index (χ0n) is 30.7. The first-order valence-electron chi connectivity index (χ1n) is 17.0. The van der Waals surface area contributed by atoms with Crippen molar-refractivity contribution in [1.82, 2.24) is 0 Å². The first-order valence-corrected chi connectivity index (χ1v) is 17.0. The molecule has 0 spiro atoms. The molecule has 53 heavy (non-hydrogen) atoms. The number of hydrogen-bond donors (Lipinski definition) is 2. The Bertz CT molecular complexity index is 1840. The van der Waals surface area contributed by atoms with E-state index in [1.807, 2.05) is 71.9 Å². The Balaban J connectivity index is 0.000000420. The number of nitro benzene ring substituents is 2. The first-order chi connectivity index (χ1) is 24.4. The maximum atomic E-state index is 11.5. The summed E-state index contributed by atoms with van der Waals surface area (Å²) in [6.45, 7) is 11.2. The molecule has 1 aliphatic rings. The summed E-state index contributed by atoms with van der Waals surface area (Å²) in [5.41, 5.74) is 0.188. The Labute approximate surface area is 320 Å². The van der Waals surface area contributed by atoms with Gasteiger partial charge in [-0.25, -0.2) is 0 Å². The van der Waals surface area contributed by atoms with Crippen LogP contribution in [-0.2, 0) is 28.2 Å². The van der Waals surface area contributed by atoms with Crippen LogP contribution in [0.15, 0.2) is 88.8 Å². The SMILES string of the molecule is CC(C)(C)c1cc([N+](=O)[O-])cc(C=N[C@@H]2CCCC[C@H]2N=Cc2cc([N+](=O)[O-])cc(C(C)(C)C)c2O)c1O.[Cr].[O-]c1ccc(Oc2ccccc2)cc1. The third kappa shape index (κ3) is 11.6. The number of benzene rings is 4. The van der Waals surface area contributed by atoms with E-state index in [0.29, 0.717) is 16.9 Å². The fraction of sp³-hybridized carbons (Fsp3) is 0.350. The molecule has 0 aromatic heterocycles. The van der Waals surface area contributed by atoms with Gasteiger partial charge in [0, 0.05) is 76.3 Å². The van der Waals surface area contributed by atoms with E-state index >= 15 is 0 Å². The summed E-state index contributed by atoms with van der Waals surface area (Å²) in [7, 11) is 0. The minimum absolute atomic E-state index is 0. The molecular weight excluding hydrogens is 716 g/mol. The minimum atomic E-state index is -0.511. The fourth-order valence-corrected chi connectivity index (χ4v) is 5.76. The van der Waals surface area contributed by atoms with Crippen LogP contribution >= 0.6 is 0 Å². The average molecular weight is 762 g/mol. The van der Waals surface area contributed by atoms with Crippen LogP contribution in [0.4, 0.5) is 11.4 Å². The van der Waals surface area contributed by atoms with Crippen molar-refractivity contribution in [3.8, 4) is 28.7 Å². The van der Waals surface area contributed by atoms with Crippen LogP contribution in [0.25, 0.3) is 0 Å². The molecule has 0 unspecified atom stereocenters. The number of rotatable bonds is 8. The zero-order valence-corrected chi connectivity index (χ0v) is 32.0. The van der Waals surface area contributed by atoms with Crippen molar-refractivity contribution in [3.05, 3.63) is 121 Å². The Morgan fingerprint density at radius 1 is 0.679 bits per heavy atom. The summed E-state index contributed by atoms with van der Waals surface area (Å²) in [5.74, 6) is 1.35. The second-order valence-corrected chi connectivity index (χ2v) is 14.7. The van der Waals surface area contributed by atoms with Gasteiger partial charge in [-0.2, -0.15) is 0 Å². The molecule has 1 saturated carbocycles. The molecule has 4 aromatic rings. The number of ether oxygens (including phenoxy) is 1. The van der Waals surface area contributed by atoms with Gasteiger partial charge in [0.1, 0.15) is 23.0 Å². The first kappa shape index (κ1) is 42.2. The maximum Gasteiger partial charge on any atom is 0.270 e. The number of aromatic hydroxyl groups is 2. The molecule has 0 radical (unpaired) electrons. The summed E-state index contributed by atoms with van der Waals surface area (Å²) in [6, 6.07) is 20.6. The summed E-state index contributed by atoms with van der Waals surface area (Å²) < 4.78 is 5.49. The predicted octanol–water partition coefficient (Wildman–Crippen LogP) is 8.91. The molecule has 0 aliphatic heterocycles. The predicted molar refractivity (Wildman–Crippen MR) is 201 cm³/mol. The average Bonchev–Trinajstić information content (AvgIpc) is 3.08. The number of phenols is 2. The van der Waals surface area contributed by atoms with E-state index in [2.05, 4.69) is 9.98 Å². The third-order valence-corrected chi connectivity index (χ3v) is 8.59. The van der Waals surface area contributed by atoms with Gasteiger partial charge in [-0.15, -0.1) is 5.75 Å². The normalized spacial score (nSPS) is 16.0. The third-order valence-electron chi connectivity index (χ3n) is 8.59. The van der Waals surface area contributed by atoms with Crippen molar-refractivity contribution >= 4 is 23.8 Å². The largest absolute Gasteiger partial charge is 0.872 e. The van der Waals surface area contributed by atoms with Crippen LogP contribution < -0.4 is 9.84 Å². The van der Waals surface area contributed by atoms with Gasteiger partial charge >= 0.3 is 0 Å². The molecule has 0 saturated heterocycles. The van der Waals surface area contributed by atoms with Crippen molar-refractivity contribution in [1.29, 1.82) is 0 Å².